The molecule has 19 heavy (non-hydrogen) atoms. The van der Waals surface area contributed by atoms with Crippen molar-refractivity contribution in [2.24, 2.45) is 0 Å². The molecule has 0 saturated carbocycles. The van der Waals surface area contributed by atoms with Crippen molar-refractivity contribution in [3.63, 3.8) is 0 Å². The number of rotatable bonds is 2. The molecule has 0 spiro atoms. The summed E-state index contributed by atoms with van der Waals surface area (Å²) in [6.07, 6.45) is 0. The van der Waals surface area contributed by atoms with E-state index in [1.807, 2.05) is 6.92 Å². The lowest BCUT2D eigenvalue weighted by molar-refractivity contribution is 0.102. The second kappa shape index (κ2) is 5.28. The van der Waals surface area contributed by atoms with Gasteiger partial charge in [-0.25, -0.2) is 4.39 Å². The smallest absolute Gasteiger partial charge is 0.258 e. The molecule has 1 amide bonds. The molecule has 0 fully saturated rings. The Labute approximate surface area is 114 Å². The van der Waals surface area contributed by atoms with Gasteiger partial charge in [0.2, 0.25) is 0 Å². The fraction of sp³-hybridized carbons (Fsp3) is 0.0714. The van der Waals surface area contributed by atoms with Crippen molar-refractivity contribution in [2.75, 3.05) is 5.32 Å². The van der Waals surface area contributed by atoms with Gasteiger partial charge in [-0.2, -0.15) is 0 Å². The van der Waals surface area contributed by atoms with Crippen LogP contribution in [0.25, 0.3) is 0 Å². The van der Waals surface area contributed by atoms with Gasteiger partial charge in [0.05, 0.1) is 16.3 Å². The topological polar surface area (TPSA) is 49.3 Å². The third kappa shape index (κ3) is 2.85. The summed E-state index contributed by atoms with van der Waals surface area (Å²) < 4.78 is 13.7. The Kier molecular flexibility index (Phi) is 3.71. The van der Waals surface area contributed by atoms with Gasteiger partial charge < -0.3 is 10.4 Å². The highest BCUT2D eigenvalue weighted by atomic mass is 35.5. The van der Waals surface area contributed by atoms with Crippen LogP contribution >= 0.6 is 11.6 Å². The molecule has 98 valence electrons. The molecule has 0 unspecified atom stereocenters. The minimum Gasteiger partial charge on any atom is -0.506 e. The van der Waals surface area contributed by atoms with Gasteiger partial charge in [-0.15, -0.1) is 0 Å². The maximum Gasteiger partial charge on any atom is 0.258 e. The van der Waals surface area contributed by atoms with Gasteiger partial charge in [0.15, 0.2) is 5.82 Å². The van der Waals surface area contributed by atoms with Gasteiger partial charge in [-0.1, -0.05) is 23.7 Å². The highest BCUT2D eigenvalue weighted by Gasteiger charge is 2.15. The first-order valence-corrected chi connectivity index (χ1v) is 5.92. The third-order valence-corrected chi connectivity index (χ3v) is 2.89. The Balaban J connectivity index is 2.28. The Bertz CT molecular complexity index is 643. The summed E-state index contributed by atoms with van der Waals surface area (Å²) >= 11 is 5.61. The summed E-state index contributed by atoms with van der Waals surface area (Å²) in [4.78, 5) is 11.9. The van der Waals surface area contributed by atoms with Crippen molar-refractivity contribution in [3.05, 3.63) is 58.4 Å². The Morgan fingerprint density at radius 1 is 1.32 bits per heavy atom. The number of aryl methyl sites for hydroxylation is 1. The average Bonchev–Trinajstić information content (AvgIpc) is 2.36. The first kappa shape index (κ1) is 13.4. The molecule has 0 radical (unpaired) electrons. The lowest BCUT2D eigenvalue weighted by Gasteiger charge is -2.09. The van der Waals surface area contributed by atoms with Crippen LogP contribution in [-0.2, 0) is 0 Å². The molecule has 0 aromatic heterocycles. The number of phenols is 1. The normalized spacial score (nSPS) is 10.3. The number of hydrogen-bond acceptors (Lipinski definition) is 2. The fourth-order valence-corrected chi connectivity index (χ4v) is 1.79. The van der Waals surface area contributed by atoms with Crippen molar-refractivity contribution in [1.82, 2.24) is 0 Å². The van der Waals surface area contributed by atoms with E-state index in [9.17, 15) is 14.3 Å². The summed E-state index contributed by atoms with van der Waals surface area (Å²) in [7, 11) is 0. The number of amides is 1. The first-order chi connectivity index (χ1) is 8.99. The van der Waals surface area contributed by atoms with E-state index in [4.69, 9.17) is 11.6 Å². The lowest BCUT2D eigenvalue weighted by Crippen LogP contribution is -2.14. The van der Waals surface area contributed by atoms with Gasteiger partial charge in [0.25, 0.3) is 5.91 Å². The van der Waals surface area contributed by atoms with Crippen LogP contribution in [0, 0.1) is 12.7 Å². The molecule has 5 heteroatoms. The molecule has 2 rings (SSSR count). The van der Waals surface area contributed by atoms with Crippen molar-refractivity contribution in [1.29, 1.82) is 0 Å². The largest absolute Gasteiger partial charge is 0.506 e. The second-order valence-electron chi connectivity index (χ2n) is 4.08. The number of carbonyl (C=O) groups is 1. The zero-order valence-electron chi connectivity index (χ0n) is 10.1. The number of phenolic OH excluding ortho intramolecular Hbond substituents is 1. The number of carbonyl (C=O) groups excluding carboxylic acids is 1. The number of benzene rings is 2. The number of halogens is 2. The maximum atomic E-state index is 13.7. The minimum absolute atomic E-state index is 0.0733. The van der Waals surface area contributed by atoms with E-state index in [1.54, 1.807) is 12.1 Å². The summed E-state index contributed by atoms with van der Waals surface area (Å²) in [6, 6.07) is 8.94. The predicted molar refractivity (Wildman–Crippen MR) is 72.2 cm³/mol. The molecule has 2 aromatic carbocycles. The summed E-state index contributed by atoms with van der Waals surface area (Å²) in [6.45, 7) is 1.81. The van der Waals surface area contributed by atoms with Crippen LogP contribution < -0.4 is 5.32 Å². The van der Waals surface area contributed by atoms with E-state index in [2.05, 4.69) is 5.32 Å². The van der Waals surface area contributed by atoms with Crippen molar-refractivity contribution >= 4 is 23.2 Å². The van der Waals surface area contributed by atoms with Gasteiger partial charge in [-0.05, 0) is 36.8 Å². The zero-order valence-corrected chi connectivity index (χ0v) is 10.8. The van der Waals surface area contributed by atoms with Crippen LogP contribution in [0.15, 0.2) is 36.4 Å². The van der Waals surface area contributed by atoms with Gasteiger partial charge in [0, 0.05) is 0 Å². The highest BCUT2D eigenvalue weighted by molar-refractivity contribution is 6.31. The number of anilines is 1. The van der Waals surface area contributed by atoms with E-state index in [0.29, 0.717) is 0 Å². The molecule has 2 aromatic rings. The second-order valence-corrected chi connectivity index (χ2v) is 4.48. The van der Waals surface area contributed by atoms with Crippen LogP contribution in [0.3, 0.4) is 0 Å². The third-order valence-electron chi connectivity index (χ3n) is 2.60. The number of aromatic hydroxyl groups is 1. The fourth-order valence-electron chi connectivity index (χ4n) is 1.62. The SMILES string of the molecule is Cc1ccc(NC(=O)c2cccc(Cl)c2F)c(O)c1. The van der Waals surface area contributed by atoms with Gasteiger partial charge >= 0.3 is 0 Å². The zero-order chi connectivity index (χ0) is 14.0. The molecule has 2 N–H and O–H groups in total. The minimum atomic E-state index is -0.784. The van der Waals surface area contributed by atoms with E-state index < -0.39 is 11.7 Å². The van der Waals surface area contributed by atoms with Crippen LogP contribution in [-0.4, -0.2) is 11.0 Å². The predicted octanol–water partition coefficient (Wildman–Crippen LogP) is 3.75. The van der Waals surface area contributed by atoms with Crippen LogP contribution in [0.1, 0.15) is 15.9 Å². The van der Waals surface area contributed by atoms with E-state index in [0.717, 1.165) is 5.56 Å². The van der Waals surface area contributed by atoms with Crippen molar-refractivity contribution in [3.8, 4) is 5.75 Å². The van der Waals surface area contributed by atoms with Crippen LogP contribution in [0.4, 0.5) is 10.1 Å². The van der Waals surface area contributed by atoms with Crippen LogP contribution in [0.5, 0.6) is 5.75 Å². The van der Waals surface area contributed by atoms with Crippen molar-refractivity contribution in [2.45, 2.75) is 6.92 Å². The van der Waals surface area contributed by atoms with Crippen molar-refractivity contribution < 1.29 is 14.3 Å². The van der Waals surface area contributed by atoms with E-state index >= 15 is 0 Å². The quantitative estimate of drug-likeness (QED) is 0.823. The van der Waals surface area contributed by atoms with Gasteiger partial charge in [-0.3, -0.25) is 4.79 Å². The molecular weight excluding hydrogens is 269 g/mol. The number of nitrogens with one attached hydrogen (secondary N) is 1. The molecule has 0 aliphatic heterocycles. The Hall–Kier alpha value is -2.07. The van der Waals surface area contributed by atoms with E-state index in [-0.39, 0.29) is 22.0 Å². The van der Waals surface area contributed by atoms with Gasteiger partial charge in [0.1, 0.15) is 5.75 Å². The monoisotopic (exact) mass is 279 g/mol. The van der Waals surface area contributed by atoms with E-state index in [1.165, 1.54) is 24.3 Å². The standard InChI is InChI=1S/C14H11ClFNO2/c1-8-5-6-11(12(18)7-8)17-14(19)9-3-2-4-10(15)13(9)16/h2-7,18H,1H3,(H,17,19). The summed E-state index contributed by atoms with van der Waals surface area (Å²) in [5.41, 5.74) is 0.895. The summed E-state index contributed by atoms with van der Waals surface area (Å²) in [5, 5.41) is 12.0. The first-order valence-electron chi connectivity index (χ1n) is 5.54. The summed E-state index contributed by atoms with van der Waals surface area (Å²) in [5.74, 6) is -1.52. The molecule has 0 aliphatic rings. The Morgan fingerprint density at radius 3 is 2.74 bits per heavy atom. The average molecular weight is 280 g/mol. The number of hydrogen-bond donors (Lipinski definition) is 2. The molecule has 0 heterocycles. The molecule has 3 nitrogen and oxygen atoms in total. The Morgan fingerprint density at radius 2 is 2.05 bits per heavy atom. The lowest BCUT2D eigenvalue weighted by atomic mass is 10.1. The molecule has 0 atom stereocenters. The molecule has 0 aliphatic carbocycles. The molecule has 0 saturated heterocycles. The molecule has 0 bridgehead atoms. The molecular formula is C14H11ClFNO2. The highest BCUT2D eigenvalue weighted by Crippen LogP contribution is 2.25. The van der Waals surface area contributed by atoms with Crippen LogP contribution in [0.2, 0.25) is 5.02 Å². The maximum absolute atomic E-state index is 13.7.